The first kappa shape index (κ1) is 15.2. The van der Waals surface area contributed by atoms with Crippen LogP contribution in [0, 0.1) is 5.92 Å². The lowest BCUT2D eigenvalue weighted by atomic mass is 10.0. The monoisotopic (exact) mass is 297 g/mol. The molecule has 19 heavy (non-hydrogen) atoms. The number of hydrogen-bond donors (Lipinski definition) is 1. The van der Waals surface area contributed by atoms with Crippen LogP contribution in [0.2, 0.25) is 5.02 Å². The number of nitrogens with one attached hydrogen (secondary N) is 1. The molecule has 0 spiro atoms. The van der Waals surface area contributed by atoms with Crippen LogP contribution in [-0.2, 0) is 5.75 Å². The first-order valence-electron chi connectivity index (χ1n) is 7.35. The molecule has 0 bridgehead atoms. The lowest BCUT2D eigenvalue weighted by Gasteiger charge is -2.20. The molecular formula is C16H24ClNS. The van der Waals surface area contributed by atoms with Gasteiger partial charge in [0.2, 0.25) is 0 Å². The number of thioether (sulfide) groups is 1. The van der Waals surface area contributed by atoms with Gasteiger partial charge in [0, 0.05) is 16.8 Å². The molecule has 2 unspecified atom stereocenters. The van der Waals surface area contributed by atoms with Gasteiger partial charge in [0.15, 0.2) is 0 Å². The second-order valence-electron chi connectivity index (χ2n) is 5.32. The van der Waals surface area contributed by atoms with Crippen LogP contribution in [0.15, 0.2) is 24.3 Å². The van der Waals surface area contributed by atoms with Gasteiger partial charge in [-0.2, -0.15) is 11.8 Å². The Hall–Kier alpha value is -0.180. The Morgan fingerprint density at radius 1 is 1.26 bits per heavy atom. The van der Waals surface area contributed by atoms with Crippen LogP contribution in [0.4, 0.5) is 0 Å². The molecule has 0 aliphatic heterocycles. The first-order chi connectivity index (χ1) is 9.29. The third kappa shape index (κ3) is 5.02. The van der Waals surface area contributed by atoms with Crippen LogP contribution in [0.25, 0.3) is 0 Å². The van der Waals surface area contributed by atoms with E-state index >= 15 is 0 Å². The van der Waals surface area contributed by atoms with Gasteiger partial charge in [0.05, 0.1) is 0 Å². The summed E-state index contributed by atoms with van der Waals surface area (Å²) in [5.74, 6) is 3.28. The fourth-order valence-corrected chi connectivity index (χ4v) is 4.09. The first-order valence-corrected chi connectivity index (χ1v) is 8.88. The summed E-state index contributed by atoms with van der Waals surface area (Å²) >= 11 is 7.94. The maximum Gasteiger partial charge on any atom is 0.0406 e. The predicted octanol–water partition coefficient (Wildman–Crippen LogP) is 4.74. The van der Waals surface area contributed by atoms with Crippen molar-refractivity contribution in [1.82, 2.24) is 5.32 Å². The molecule has 2 atom stereocenters. The largest absolute Gasteiger partial charge is 0.314 e. The van der Waals surface area contributed by atoms with Gasteiger partial charge in [-0.3, -0.25) is 0 Å². The molecule has 1 aromatic rings. The number of benzene rings is 1. The Kier molecular flexibility index (Phi) is 6.55. The smallest absolute Gasteiger partial charge is 0.0406 e. The lowest BCUT2D eigenvalue weighted by molar-refractivity contribution is 0.400. The van der Waals surface area contributed by atoms with Crippen molar-refractivity contribution >= 4 is 23.4 Å². The predicted molar refractivity (Wildman–Crippen MR) is 87.0 cm³/mol. The standard InChI is InChI=1S/C16H24ClNS/c1-2-18-16-5-3-4-14(16)10-11-19-12-13-6-8-15(17)9-7-13/h6-9,14,16,18H,2-5,10-12H2,1H3. The van der Waals surface area contributed by atoms with Crippen molar-refractivity contribution in [3.63, 3.8) is 0 Å². The quantitative estimate of drug-likeness (QED) is 0.730. The van der Waals surface area contributed by atoms with Gasteiger partial charge < -0.3 is 5.32 Å². The zero-order valence-electron chi connectivity index (χ0n) is 11.7. The molecule has 1 nitrogen and oxygen atoms in total. The van der Waals surface area contributed by atoms with Gasteiger partial charge in [-0.05, 0) is 55.2 Å². The molecule has 1 aliphatic carbocycles. The van der Waals surface area contributed by atoms with E-state index in [-0.39, 0.29) is 0 Å². The molecule has 0 heterocycles. The van der Waals surface area contributed by atoms with E-state index in [0.717, 1.165) is 29.3 Å². The van der Waals surface area contributed by atoms with E-state index in [0.29, 0.717) is 0 Å². The summed E-state index contributed by atoms with van der Waals surface area (Å²) in [4.78, 5) is 0. The minimum atomic E-state index is 0.779. The topological polar surface area (TPSA) is 12.0 Å². The molecule has 0 saturated heterocycles. The van der Waals surface area contributed by atoms with Gasteiger partial charge >= 0.3 is 0 Å². The maximum absolute atomic E-state index is 5.89. The van der Waals surface area contributed by atoms with Crippen molar-refractivity contribution in [2.75, 3.05) is 12.3 Å². The van der Waals surface area contributed by atoms with Crippen LogP contribution in [-0.4, -0.2) is 18.3 Å². The molecule has 0 aromatic heterocycles. The van der Waals surface area contributed by atoms with Crippen LogP contribution >= 0.6 is 23.4 Å². The van der Waals surface area contributed by atoms with E-state index < -0.39 is 0 Å². The van der Waals surface area contributed by atoms with Gasteiger partial charge in [-0.1, -0.05) is 37.1 Å². The highest BCUT2D eigenvalue weighted by atomic mass is 35.5. The summed E-state index contributed by atoms with van der Waals surface area (Å²) in [5, 5.41) is 4.46. The average molecular weight is 298 g/mol. The van der Waals surface area contributed by atoms with E-state index in [2.05, 4.69) is 24.4 Å². The van der Waals surface area contributed by atoms with Crippen molar-refractivity contribution in [2.45, 2.75) is 44.4 Å². The summed E-state index contributed by atoms with van der Waals surface area (Å²) in [6.45, 7) is 3.32. The molecule has 1 fully saturated rings. The molecule has 1 N–H and O–H groups in total. The summed E-state index contributed by atoms with van der Waals surface area (Å²) < 4.78 is 0. The molecular weight excluding hydrogens is 274 g/mol. The molecule has 1 aliphatic rings. The zero-order chi connectivity index (χ0) is 13.5. The summed E-state index contributed by atoms with van der Waals surface area (Å²) in [7, 11) is 0. The fraction of sp³-hybridized carbons (Fsp3) is 0.625. The SMILES string of the molecule is CCNC1CCCC1CCSCc1ccc(Cl)cc1. The van der Waals surface area contributed by atoms with Gasteiger partial charge in [0.25, 0.3) is 0 Å². The highest BCUT2D eigenvalue weighted by molar-refractivity contribution is 7.98. The maximum atomic E-state index is 5.89. The minimum absolute atomic E-state index is 0.779. The normalized spacial score (nSPS) is 22.8. The van der Waals surface area contributed by atoms with Gasteiger partial charge in [-0.15, -0.1) is 0 Å². The van der Waals surface area contributed by atoms with Crippen LogP contribution in [0.3, 0.4) is 0 Å². The minimum Gasteiger partial charge on any atom is -0.314 e. The Balaban J connectivity index is 1.65. The number of halogens is 1. The van der Waals surface area contributed by atoms with E-state index in [4.69, 9.17) is 11.6 Å². The van der Waals surface area contributed by atoms with Crippen LogP contribution < -0.4 is 5.32 Å². The van der Waals surface area contributed by atoms with Crippen LogP contribution in [0.1, 0.15) is 38.2 Å². The zero-order valence-corrected chi connectivity index (χ0v) is 13.3. The highest BCUT2D eigenvalue weighted by Gasteiger charge is 2.25. The van der Waals surface area contributed by atoms with E-state index in [9.17, 15) is 0 Å². The Morgan fingerprint density at radius 2 is 2.05 bits per heavy atom. The Bertz CT molecular complexity index is 366. The highest BCUT2D eigenvalue weighted by Crippen LogP contribution is 2.30. The molecule has 3 heteroatoms. The van der Waals surface area contributed by atoms with Gasteiger partial charge in [0.1, 0.15) is 0 Å². The Labute approximate surface area is 126 Å². The molecule has 0 amide bonds. The molecule has 1 aromatic carbocycles. The lowest BCUT2D eigenvalue weighted by Crippen LogP contribution is -2.32. The third-order valence-corrected chi connectivity index (χ3v) is 5.25. The number of hydrogen-bond acceptors (Lipinski definition) is 2. The summed E-state index contributed by atoms with van der Waals surface area (Å²) in [6, 6.07) is 9.00. The van der Waals surface area contributed by atoms with Crippen LogP contribution in [0.5, 0.6) is 0 Å². The van der Waals surface area contributed by atoms with Crippen molar-refractivity contribution in [3.8, 4) is 0 Å². The molecule has 1 saturated carbocycles. The number of rotatable bonds is 7. The van der Waals surface area contributed by atoms with E-state index in [1.807, 2.05) is 23.9 Å². The van der Waals surface area contributed by atoms with Crippen molar-refractivity contribution in [2.24, 2.45) is 5.92 Å². The van der Waals surface area contributed by atoms with E-state index in [1.165, 1.54) is 37.0 Å². The van der Waals surface area contributed by atoms with E-state index in [1.54, 1.807) is 0 Å². The summed E-state index contributed by atoms with van der Waals surface area (Å²) in [5.41, 5.74) is 1.38. The average Bonchev–Trinajstić information content (AvgIpc) is 2.85. The third-order valence-electron chi connectivity index (χ3n) is 3.94. The van der Waals surface area contributed by atoms with Gasteiger partial charge in [-0.25, -0.2) is 0 Å². The second kappa shape index (κ2) is 8.18. The van der Waals surface area contributed by atoms with Crippen molar-refractivity contribution < 1.29 is 0 Å². The fourth-order valence-electron chi connectivity index (χ4n) is 2.92. The molecule has 106 valence electrons. The molecule has 2 rings (SSSR count). The Morgan fingerprint density at radius 3 is 2.79 bits per heavy atom. The molecule has 0 radical (unpaired) electrons. The van der Waals surface area contributed by atoms with Crippen molar-refractivity contribution in [1.29, 1.82) is 0 Å². The summed E-state index contributed by atoms with van der Waals surface area (Å²) in [6.07, 6.45) is 5.56. The second-order valence-corrected chi connectivity index (χ2v) is 6.86. The van der Waals surface area contributed by atoms with Crippen molar-refractivity contribution in [3.05, 3.63) is 34.9 Å².